The van der Waals surface area contributed by atoms with E-state index in [9.17, 15) is 22.8 Å². The van der Waals surface area contributed by atoms with E-state index in [-0.39, 0.29) is 11.8 Å². The van der Waals surface area contributed by atoms with E-state index in [0.29, 0.717) is 12.1 Å². The van der Waals surface area contributed by atoms with Crippen LogP contribution in [0.4, 0.5) is 18.0 Å². The highest BCUT2D eigenvalue weighted by atomic mass is 19.4. The molecule has 1 aromatic carbocycles. The molecule has 0 radical (unpaired) electrons. The second-order valence-corrected chi connectivity index (χ2v) is 2.79. The van der Waals surface area contributed by atoms with Gasteiger partial charge >= 0.3 is 12.3 Å². The Morgan fingerprint density at radius 1 is 1.38 bits per heavy atom. The first-order chi connectivity index (χ1) is 7.34. The van der Waals surface area contributed by atoms with Crippen LogP contribution >= 0.6 is 0 Å². The molecular weight excluding hydrogens is 227 g/mol. The quantitative estimate of drug-likeness (QED) is 0.794. The molecule has 0 atom stereocenters. The van der Waals surface area contributed by atoms with E-state index in [0.717, 1.165) is 6.07 Å². The highest BCUT2D eigenvalue weighted by Gasteiger charge is 2.31. The molecule has 16 heavy (non-hydrogen) atoms. The van der Waals surface area contributed by atoms with Crippen molar-refractivity contribution in [2.45, 2.75) is 6.18 Å². The summed E-state index contributed by atoms with van der Waals surface area (Å²) in [6, 6.07) is 2.14. The van der Waals surface area contributed by atoms with Crippen molar-refractivity contribution in [3.8, 4) is 5.75 Å². The Labute approximate surface area is 87.8 Å². The van der Waals surface area contributed by atoms with E-state index in [2.05, 4.69) is 10.5 Å². The van der Waals surface area contributed by atoms with Crippen LogP contribution in [0.3, 0.4) is 0 Å². The van der Waals surface area contributed by atoms with Crippen molar-refractivity contribution in [3.05, 3.63) is 29.3 Å². The third kappa shape index (κ3) is 2.72. The molecule has 0 aliphatic carbocycles. The molecule has 0 aliphatic rings. The van der Waals surface area contributed by atoms with Crippen molar-refractivity contribution in [1.82, 2.24) is 0 Å². The van der Waals surface area contributed by atoms with Gasteiger partial charge in [0.25, 0.3) is 0 Å². The lowest BCUT2D eigenvalue weighted by Gasteiger charge is -2.09. The predicted octanol–water partition coefficient (Wildman–Crippen LogP) is 1.98. The van der Waals surface area contributed by atoms with Crippen molar-refractivity contribution >= 4 is 12.4 Å². The predicted molar refractivity (Wildman–Crippen MR) is 47.0 cm³/mol. The summed E-state index contributed by atoms with van der Waals surface area (Å²) in [5, 5.41) is 0. The van der Waals surface area contributed by atoms with Gasteiger partial charge in [0, 0.05) is 0 Å². The fourth-order valence-electron chi connectivity index (χ4n) is 1.00. The van der Waals surface area contributed by atoms with E-state index in [4.69, 9.17) is 0 Å². The second kappa shape index (κ2) is 4.21. The average Bonchev–Trinajstić information content (AvgIpc) is 2.15. The number of amides is 1. The van der Waals surface area contributed by atoms with Gasteiger partial charge in [-0.25, -0.2) is 4.79 Å². The van der Waals surface area contributed by atoms with Gasteiger partial charge in [0.15, 0.2) is 6.29 Å². The minimum atomic E-state index is -4.59. The van der Waals surface area contributed by atoms with Crippen molar-refractivity contribution in [1.29, 1.82) is 0 Å². The van der Waals surface area contributed by atoms with Gasteiger partial charge in [-0.1, -0.05) is 0 Å². The molecular formula is C9H6F3NO3. The molecule has 86 valence electrons. The number of rotatable bonds is 2. The third-order valence-electron chi connectivity index (χ3n) is 1.68. The van der Waals surface area contributed by atoms with Crippen LogP contribution in [0.15, 0.2) is 18.2 Å². The zero-order valence-corrected chi connectivity index (χ0v) is 7.75. The molecule has 7 heteroatoms. The van der Waals surface area contributed by atoms with Crippen LogP contribution in [-0.4, -0.2) is 12.4 Å². The Hall–Kier alpha value is -2.05. The number of hydrogen-bond donors (Lipinski definition) is 1. The number of benzene rings is 1. The number of halogens is 3. The van der Waals surface area contributed by atoms with Gasteiger partial charge in [-0.15, -0.1) is 0 Å². The lowest BCUT2D eigenvalue weighted by atomic mass is 10.1. The summed E-state index contributed by atoms with van der Waals surface area (Å²) in [4.78, 5) is 20.9. The van der Waals surface area contributed by atoms with Crippen LogP contribution in [0.2, 0.25) is 0 Å². The lowest BCUT2D eigenvalue weighted by molar-refractivity contribution is -0.137. The average molecular weight is 233 g/mol. The number of carbonyl (C=O) groups is 2. The van der Waals surface area contributed by atoms with Crippen molar-refractivity contribution in [2.75, 3.05) is 0 Å². The van der Waals surface area contributed by atoms with Gasteiger partial charge in [-0.2, -0.15) is 13.2 Å². The van der Waals surface area contributed by atoms with Crippen LogP contribution in [-0.2, 0) is 6.18 Å². The Bertz CT molecular complexity index is 428. The Morgan fingerprint density at radius 2 is 2.00 bits per heavy atom. The molecule has 0 aliphatic heterocycles. The number of carbonyl (C=O) groups excluding carboxylic acids is 2. The number of nitrogens with two attached hydrogens (primary N) is 1. The van der Waals surface area contributed by atoms with Crippen LogP contribution in [0.25, 0.3) is 0 Å². The third-order valence-corrected chi connectivity index (χ3v) is 1.68. The monoisotopic (exact) mass is 233 g/mol. The molecule has 2 N–H and O–H groups in total. The molecule has 0 aromatic heterocycles. The van der Waals surface area contributed by atoms with E-state index in [1.54, 1.807) is 0 Å². The van der Waals surface area contributed by atoms with E-state index in [1.807, 2.05) is 0 Å². The fraction of sp³-hybridized carbons (Fsp3) is 0.111. The van der Waals surface area contributed by atoms with Crippen LogP contribution in [0, 0.1) is 0 Å². The smallest absolute Gasteiger partial charge is 0.410 e. The highest BCUT2D eigenvalue weighted by molar-refractivity contribution is 5.81. The van der Waals surface area contributed by atoms with Crippen LogP contribution < -0.4 is 10.5 Å². The summed E-state index contributed by atoms with van der Waals surface area (Å²) in [7, 11) is 0. The summed E-state index contributed by atoms with van der Waals surface area (Å²) in [5.41, 5.74) is 3.43. The molecule has 4 nitrogen and oxygen atoms in total. The van der Waals surface area contributed by atoms with Gasteiger partial charge in [-0.05, 0) is 18.2 Å². The normalized spacial score (nSPS) is 10.9. The molecule has 1 rings (SSSR count). The van der Waals surface area contributed by atoms with Crippen molar-refractivity contribution in [3.63, 3.8) is 0 Å². The molecule has 1 aromatic rings. The van der Waals surface area contributed by atoms with E-state index in [1.165, 1.54) is 0 Å². The molecule has 1 amide bonds. The zero-order chi connectivity index (χ0) is 12.3. The Morgan fingerprint density at radius 3 is 2.44 bits per heavy atom. The van der Waals surface area contributed by atoms with Gasteiger partial charge < -0.3 is 10.5 Å². The minimum Gasteiger partial charge on any atom is -0.410 e. The molecule has 0 saturated carbocycles. The maximum Gasteiger partial charge on any atom is 0.416 e. The number of ether oxygens (including phenoxy) is 1. The molecule has 0 saturated heterocycles. The lowest BCUT2D eigenvalue weighted by Crippen LogP contribution is -2.17. The van der Waals surface area contributed by atoms with Gasteiger partial charge in [0.2, 0.25) is 0 Å². The molecule has 0 bridgehead atoms. The number of alkyl halides is 3. The zero-order valence-electron chi connectivity index (χ0n) is 7.75. The summed E-state index contributed by atoms with van der Waals surface area (Å²) >= 11 is 0. The van der Waals surface area contributed by atoms with Crippen molar-refractivity contribution < 1.29 is 27.5 Å². The maximum absolute atomic E-state index is 12.3. The molecule has 0 fully saturated rings. The summed E-state index contributed by atoms with van der Waals surface area (Å²) in [6.45, 7) is 0. The Kier molecular flexibility index (Phi) is 3.17. The number of aldehydes is 1. The molecule has 0 spiro atoms. The highest BCUT2D eigenvalue weighted by Crippen LogP contribution is 2.32. The topological polar surface area (TPSA) is 69.4 Å². The molecule has 0 unspecified atom stereocenters. The largest absolute Gasteiger partial charge is 0.416 e. The fourth-order valence-corrected chi connectivity index (χ4v) is 1.00. The second-order valence-electron chi connectivity index (χ2n) is 2.79. The first-order valence-corrected chi connectivity index (χ1v) is 3.98. The maximum atomic E-state index is 12.3. The standard InChI is InChI=1S/C9H6F3NO3/c10-9(11,12)6-2-1-5(4-14)7(3-6)16-8(13)15/h1-4H,(H2,13,15). The van der Waals surface area contributed by atoms with Gasteiger partial charge in [0.05, 0.1) is 11.1 Å². The number of primary amides is 1. The SMILES string of the molecule is NC(=O)Oc1cc(C(F)(F)F)ccc1C=O. The summed E-state index contributed by atoms with van der Waals surface area (Å²) in [5.74, 6) is -0.516. The van der Waals surface area contributed by atoms with Crippen molar-refractivity contribution in [2.24, 2.45) is 5.73 Å². The van der Waals surface area contributed by atoms with Crippen LogP contribution in [0.1, 0.15) is 15.9 Å². The van der Waals surface area contributed by atoms with E-state index >= 15 is 0 Å². The van der Waals surface area contributed by atoms with Gasteiger partial charge in [-0.3, -0.25) is 4.79 Å². The first kappa shape index (κ1) is 12.0. The van der Waals surface area contributed by atoms with Gasteiger partial charge in [0.1, 0.15) is 5.75 Å². The summed E-state index contributed by atoms with van der Waals surface area (Å²) in [6.07, 6.45) is -5.61. The first-order valence-electron chi connectivity index (χ1n) is 3.98. The molecule has 0 heterocycles. The summed E-state index contributed by atoms with van der Waals surface area (Å²) < 4.78 is 41.1. The van der Waals surface area contributed by atoms with E-state index < -0.39 is 23.6 Å². The number of hydrogen-bond acceptors (Lipinski definition) is 3. The van der Waals surface area contributed by atoms with Crippen LogP contribution in [0.5, 0.6) is 5.75 Å². The minimum absolute atomic E-state index is 0.188. The Balaban J connectivity index is 3.21.